The van der Waals surface area contributed by atoms with Crippen molar-refractivity contribution in [1.82, 2.24) is 0 Å². The van der Waals surface area contributed by atoms with Gasteiger partial charge in [-0.05, 0) is 0 Å². The molecule has 4 radical (unpaired) electrons. The van der Waals surface area contributed by atoms with Crippen molar-refractivity contribution in [2.45, 2.75) is 58.4 Å². The molecule has 1 aliphatic heterocycles. The van der Waals surface area contributed by atoms with E-state index in [0.29, 0.717) is 15.4 Å². The molecule has 0 spiro atoms. The Labute approximate surface area is 124 Å². The Morgan fingerprint density at radius 2 is 1.33 bits per heavy atom. The Morgan fingerprint density at radius 1 is 0.889 bits per heavy atom. The number of aryl methyl sites for hydroxylation is 2. The van der Waals surface area contributed by atoms with Crippen molar-refractivity contribution in [3.63, 3.8) is 0 Å². The van der Waals surface area contributed by atoms with Crippen LogP contribution in [-0.2, 0) is 5.25 Å². The van der Waals surface area contributed by atoms with Crippen molar-refractivity contribution in [3.8, 4) is 0 Å². The molecule has 0 aromatic heterocycles. The summed E-state index contributed by atoms with van der Waals surface area (Å²) in [7, 11) is 0.241. The molecular weight excluding hydrogens is 309 g/mol. The summed E-state index contributed by atoms with van der Waals surface area (Å²) in [5.74, 6) is 0. The van der Waals surface area contributed by atoms with E-state index in [1.165, 1.54) is 10.8 Å². The molecule has 0 atom stereocenters. The second-order valence-corrected chi connectivity index (χ2v) is 14.5. The number of hydrogen-bond acceptors (Lipinski definition) is 0. The van der Waals surface area contributed by atoms with Crippen LogP contribution in [0.15, 0.2) is 12.1 Å². The van der Waals surface area contributed by atoms with E-state index in [0.717, 1.165) is 0 Å². The molecule has 0 aliphatic carbocycles. The first-order valence-electron chi connectivity index (χ1n) is 6.61. The quantitative estimate of drug-likeness (QED) is 0.630. The Hall–Kier alpha value is 0.197. The fraction of sp³-hybridized carbons (Fsp3) is 0.600. The Bertz CT molecular complexity index is 331. The van der Waals surface area contributed by atoms with Gasteiger partial charge in [-0.25, -0.2) is 0 Å². The molecule has 0 fully saturated rings. The molecule has 0 unspecified atom stereocenters. The van der Waals surface area contributed by atoms with Crippen molar-refractivity contribution in [1.29, 1.82) is 0 Å². The third-order valence-corrected chi connectivity index (χ3v) is 5.43. The molecule has 0 amide bonds. The summed E-state index contributed by atoms with van der Waals surface area (Å²) in [6.45, 7) is 18.0. The first-order chi connectivity index (χ1) is 8.23. The van der Waals surface area contributed by atoms with Gasteiger partial charge in [0.1, 0.15) is 0 Å². The van der Waals surface area contributed by atoms with E-state index in [2.05, 4.69) is 65.3 Å². The van der Waals surface area contributed by atoms with E-state index in [-0.39, 0.29) is 17.6 Å². The van der Waals surface area contributed by atoms with Gasteiger partial charge in [0.05, 0.1) is 0 Å². The normalized spacial score (nSPS) is 11.9. The molecule has 0 saturated heterocycles. The fourth-order valence-electron chi connectivity index (χ4n) is 1.52. The van der Waals surface area contributed by atoms with Crippen molar-refractivity contribution in [2.24, 2.45) is 0 Å². The summed E-state index contributed by atoms with van der Waals surface area (Å²) in [5.41, 5.74) is 4.61. The van der Waals surface area contributed by atoms with Crippen LogP contribution >= 0.6 is 0 Å². The second-order valence-electron chi connectivity index (χ2n) is 5.97. The summed E-state index contributed by atoms with van der Waals surface area (Å²) in [4.78, 5) is 0. The second kappa shape index (κ2) is 9.16. The topological polar surface area (TPSA) is 0 Å². The summed E-state index contributed by atoms with van der Waals surface area (Å²) < 4.78 is 1.73. The standard InChI is InChI=1S/C9H10Ge.2C3H9Si/c1-6-3-7(2)9-8(4-6)5-10-9;2*1-4(2)3/h3-4H,5H2,1-2H3;2*1-3H3. The molecule has 0 N–H and O–H groups in total. The molecule has 2 rings (SSSR count). The van der Waals surface area contributed by atoms with Gasteiger partial charge in [0.25, 0.3) is 0 Å². The number of hydrogen-bond donors (Lipinski definition) is 0. The monoisotopic (exact) mass is 338 g/mol. The van der Waals surface area contributed by atoms with Crippen molar-refractivity contribution < 1.29 is 0 Å². The molecule has 0 nitrogen and oxygen atoms in total. The zero-order chi connectivity index (χ0) is 14.3. The minimum atomic E-state index is 0.120. The van der Waals surface area contributed by atoms with Crippen LogP contribution in [-0.4, -0.2) is 33.0 Å². The predicted molar refractivity (Wildman–Crippen MR) is 91.7 cm³/mol. The van der Waals surface area contributed by atoms with Gasteiger partial charge in [-0.3, -0.25) is 0 Å². The van der Waals surface area contributed by atoms with Crippen molar-refractivity contribution in [3.05, 3.63) is 28.8 Å². The van der Waals surface area contributed by atoms with E-state index < -0.39 is 0 Å². The minimum absolute atomic E-state index is 0.120. The Kier molecular flexibility index (Phi) is 9.26. The van der Waals surface area contributed by atoms with E-state index in [1.54, 1.807) is 15.5 Å². The zero-order valence-electron chi connectivity index (χ0n) is 13.4. The van der Waals surface area contributed by atoms with Gasteiger partial charge in [-0.1, -0.05) is 39.3 Å². The number of rotatable bonds is 0. The summed E-state index contributed by atoms with van der Waals surface area (Å²) in [6.07, 6.45) is 0. The molecule has 1 heterocycles. The van der Waals surface area contributed by atoms with Crippen LogP contribution in [0.2, 0.25) is 39.3 Å². The van der Waals surface area contributed by atoms with Gasteiger partial charge >= 0.3 is 67.8 Å². The van der Waals surface area contributed by atoms with Crippen LogP contribution < -0.4 is 4.40 Å². The van der Waals surface area contributed by atoms with Crippen LogP contribution in [0.5, 0.6) is 0 Å². The molecule has 1 aromatic rings. The predicted octanol–water partition coefficient (Wildman–Crippen LogP) is 3.89. The van der Waals surface area contributed by atoms with Crippen LogP contribution in [0.25, 0.3) is 0 Å². The molecule has 100 valence electrons. The molecule has 3 heteroatoms. The number of benzene rings is 1. The fourth-order valence-corrected chi connectivity index (χ4v) is 3.80. The van der Waals surface area contributed by atoms with Crippen LogP contribution in [0.4, 0.5) is 0 Å². The third-order valence-electron chi connectivity index (χ3n) is 2.02. The van der Waals surface area contributed by atoms with Gasteiger partial charge in [-0.15, -0.1) is 0 Å². The van der Waals surface area contributed by atoms with Gasteiger partial charge in [0.15, 0.2) is 0 Å². The Balaban J connectivity index is 0.000000307. The van der Waals surface area contributed by atoms with Gasteiger partial charge < -0.3 is 0 Å². The summed E-state index contributed by atoms with van der Waals surface area (Å²) >= 11 is 0.318. The maximum atomic E-state index is 2.34. The van der Waals surface area contributed by atoms with E-state index in [9.17, 15) is 0 Å². The summed E-state index contributed by atoms with van der Waals surface area (Å²) in [5, 5.41) is 1.43. The maximum absolute atomic E-state index is 2.34. The van der Waals surface area contributed by atoms with Gasteiger partial charge in [-0.2, -0.15) is 0 Å². The van der Waals surface area contributed by atoms with E-state index in [4.69, 9.17) is 0 Å². The molecule has 1 aromatic carbocycles. The zero-order valence-corrected chi connectivity index (χ0v) is 17.5. The van der Waals surface area contributed by atoms with Crippen LogP contribution in [0.3, 0.4) is 0 Å². The molecule has 0 saturated carbocycles. The third kappa shape index (κ3) is 8.33. The molecule has 0 bridgehead atoms. The van der Waals surface area contributed by atoms with Crippen molar-refractivity contribution in [2.75, 3.05) is 0 Å². The molecular formula is C15H28GeSi2. The molecule has 18 heavy (non-hydrogen) atoms. The van der Waals surface area contributed by atoms with Gasteiger partial charge in [0.2, 0.25) is 0 Å². The Morgan fingerprint density at radius 3 is 1.61 bits per heavy atom. The average Bonchev–Trinajstić information content (AvgIpc) is 2.08. The van der Waals surface area contributed by atoms with E-state index in [1.807, 2.05) is 0 Å². The van der Waals surface area contributed by atoms with Gasteiger partial charge in [0, 0.05) is 17.6 Å². The SMILES string of the molecule is C[Si](C)C.C[Si](C)C.Cc1cc(C)[c]2c(c1)[CH2][Ge]2. The first-order valence-corrected chi connectivity index (χ1v) is 15.1. The number of fused-ring (bicyclic) bond motifs is 1. The van der Waals surface area contributed by atoms with Crippen LogP contribution in [0.1, 0.15) is 16.7 Å². The van der Waals surface area contributed by atoms with Crippen molar-refractivity contribution >= 4 is 37.4 Å². The summed E-state index contributed by atoms with van der Waals surface area (Å²) in [6, 6.07) is 4.65. The first kappa shape index (κ1) is 18.2. The average molecular weight is 337 g/mol. The van der Waals surface area contributed by atoms with Crippen LogP contribution in [0, 0.1) is 13.8 Å². The van der Waals surface area contributed by atoms with E-state index >= 15 is 0 Å². The molecule has 1 aliphatic rings.